The van der Waals surface area contributed by atoms with Crippen molar-refractivity contribution in [2.75, 3.05) is 38.2 Å². The Morgan fingerprint density at radius 3 is 2.31 bits per heavy atom. The van der Waals surface area contributed by atoms with Crippen LogP contribution >= 0.6 is 12.4 Å². The third-order valence-electron chi connectivity index (χ3n) is 4.28. The molecule has 1 aromatic rings. The van der Waals surface area contributed by atoms with Gasteiger partial charge in [0.05, 0.1) is 6.61 Å². The Labute approximate surface area is 164 Å². The van der Waals surface area contributed by atoms with Gasteiger partial charge in [0.1, 0.15) is 6.10 Å². The van der Waals surface area contributed by atoms with E-state index in [1.807, 2.05) is 32.0 Å². The minimum absolute atomic E-state index is 0. The fourth-order valence-corrected chi connectivity index (χ4v) is 2.65. The van der Waals surface area contributed by atoms with Crippen LogP contribution in [0.25, 0.3) is 0 Å². The second-order valence-corrected chi connectivity index (χ2v) is 6.33. The summed E-state index contributed by atoms with van der Waals surface area (Å²) in [5.74, 6) is 0. The molecule has 0 aliphatic carbocycles. The summed E-state index contributed by atoms with van der Waals surface area (Å²) in [4.78, 5) is 14.6. The van der Waals surface area contributed by atoms with Gasteiger partial charge in [-0.1, -0.05) is 45.4 Å². The number of hydrogen-bond acceptors (Lipinski definition) is 4. The number of nitrogens with zero attached hydrogens (tertiary/aromatic N) is 1. The summed E-state index contributed by atoms with van der Waals surface area (Å²) in [6, 6.07) is 5.93. The number of halogens is 1. The molecule has 26 heavy (non-hydrogen) atoms. The van der Waals surface area contributed by atoms with E-state index in [1.54, 1.807) is 0 Å². The number of carbonyl (C=O) groups excluding carboxylic acids is 1. The lowest BCUT2D eigenvalue weighted by Crippen LogP contribution is -2.38. The minimum Gasteiger partial charge on any atom is -0.442 e. The molecular weight excluding hydrogens is 352 g/mol. The first-order valence-electron chi connectivity index (χ1n) is 9.35. The molecule has 0 radical (unpaired) electrons. The van der Waals surface area contributed by atoms with Crippen LogP contribution in [-0.4, -0.2) is 49.9 Å². The number of ether oxygens (including phenoxy) is 2. The molecule has 1 atom stereocenters. The Morgan fingerprint density at radius 2 is 1.77 bits per heavy atom. The Bertz CT molecular complexity index is 502. The van der Waals surface area contributed by atoms with Crippen LogP contribution in [0.4, 0.5) is 10.5 Å². The van der Waals surface area contributed by atoms with Crippen molar-refractivity contribution in [2.24, 2.45) is 0 Å². The van der Waals surface area contributed by atoms with Gasteiger partial charge in [-0.25, -0.2) is 4.79 Å². The van der Waals surface area contributed by atoms with E-state index in [0.29, 0.717) is 19.8 Å². The van der Waals surface area contributed by atoms with Gasteiger partial charge in [0, 0.05) is 18.8 Å². The van der Waals surface area contributed by atoms with E-state index in [1.165, 1.54) is 0 Å². The summed E-state index contributed by atoms with van der Waals surface area (Å²) in [6.45, 7) is 13.9. The number of likely N-dealkylation sites (N-methyl/N-ethyl adjacent to an activating group) is 1. The number of unbranched alkanes of at least 4 members (excludes halogenated alkanes) is 1. The number of benzene rings is 1. The number of rotatable bonds is 11. The maximum Gasteiger partial charge on any atom is 0.412 e. The van der Waals surface area contributed by atoms with Crippen LogP contribution in [0.3, 0.4) is 0 Å². The molecule has 0 heterocycles. The molecule has 6 heteroatoms. The molecular formula is C20H35ClN2O3. The number of nitrogens with one attached hydrogen (secondary N) is 1. The molecule has 0 aliphatic heterocycles. The van der Waals surface area contributed by atoms with Crippen molar-refractivity contribution >= 4 is 24.2 Å². The van der Waals surface area contributed by atoms with Crippen molar-refractivity contribution in [1.29, 1.82) is 0 Å². The van der Waals surface area contributed by atoms with Gasteiger partial charge in [-0.2, -0.15) is 0 Å². The molecule has 0 spiro atoms. The summed E-state index contributed by atoms with van der Waals surface area (Å²) >= 11 is 0. The van der Waals surface area contributed by atoms with E-state index >= 15 is 0 Å². The summed E-state index contributed by atoms with van der Waals surface area (Å²) in [6.07, 6.45) is 1.41. The zero-order chi connectivity index (χ0) is 18.7. The van der Waals surface area contributed by atoms with E-state index in [2.05, 4.69) is 31.0 Å². The van der Waals surface area contributed by atoms with Crippen LogP contribution in [0.2, 0.25) is 0 Å². The number of hydrogen-bond donors (Lipinski definition) is 1. The second-order valence-electron chi connectivity index (χ2n) is 6.33. The molecule has 1 amide bonds. The van der Waals surface area contributed by atoms with Crippen molar-refractivity contribution in [3.63, 3.8) is 0 Å². The first-order valence-corrected chi connectivity index (χ1v) is 9.35. The highest BCUT2D eigenvalue weighted by Crippen LogP contribution is 2.19. The number of anilines is 1. The Hall–Kier alpha value is -1.30. The Morgan fingerprint density at radius 1 is 1.15 bits per heavy atom. The third kappa shape index (κ3) is 8.88. The van der Waals surface area contributed by atoms with Crippen molar-refractivity contribution in [3.8, 4) is 0 Å². The minimum atomic E-state index is -0.423. The molecule has 0 saturated heterocycles. The first kappa shape index (κ1) is 24.7. The van der Waals surface area contributed by atoms with Crippen molar-refractivity contribution in [3.05, 3.63) is 29.3 Å². The molecule has 0 bridgehead atoms. The van der Waals surface area contributed by atoms with Crippen molar-refractivity contribution < 1.29 is 14.3 Å². The van der Waals surface area contributed by atoms with Crippen molar-refractivity contribution in [1.82, 2.24) is 4.90 Å². The average Bonchev–Trinajstić information content (AvgIpc) is 2.59. The van der Waals surface area contributed by atoms with Crippen LogP contribution < -0.4 is 5.32 Å². The number of para-hydroxylation sites is 1. The fourth-order valence-electron chi connectivity index (χ4n) is 2.65. The fraction of sp³-hybridized carbons (Fsp3) is 0.650. The van der Waals surface area contributed by atoms with Gasteiger partial charge in [-0.05, 0) is 44.5 Å². The van der Waals surface area contributed by atoms with Crippen LogP contribution in [0.1, 0.15) is 44.7 Å². The predicted octanol–water partition coefficient (Wildman–Crippen LogP) is 4.80. The van der Waals surface area contributed by atoms with Crippen LogP contribution in [0.5, 0.6) is 0 Å². The summed E-state index contributed by atoms with van der Waals surface area (Å²) < 4.78 is 11.4. The van der Waals surface area contributed by atoms with E-state index in [0.717, 1.165) is 42.7 Å². The number of aryl methyl sites for hydroxylation is 2. The smallest absolute Gasteiger partial charge is 0.412 e. The van der Waals surface area contributed by atoms with Gasteiger partial charge in [-0.3, -0.25) is 5.32 Å². The highest BCUT2D eigenvalue weighted by Gasteiger charge is 2.18. The SMILES string of the molecule is CCCCOCC(CN(CC)CC)OC(=O)Nc1c(C)cccc1C.Cl. The number of amides is 1. The molecule has 0 aliphatic rings. The maximum atomic E-state index is 12.4. The number of carbonyl (C=O) groups is 1. The average molecular weight is 387 g/mol. The molecule has 1 rings (SSSR count). The standard InChI is InChI=1S/C20H34N2O3.ClH/c1-6-9-13-24-15-18(14-22(7-2)8-3)25-20(23)21-19-16(4)11-10-12-17(19)5;/h10-12,18H,6-9,13-15H2,1-5H3,(H,21,23);1H. The van der Waals surface area contributed by atoms with E-state index < -0.39 is 6.09 Å². The van der Waals surface area contributed by atoms with E-state index in [4.69, 9.17) is 9.47 Å². The van der Waals surface area contributed by atoms with Gasteiger partial charge < -0.3 is 14.4 Å². The predicted molar refractivity (Wildman–Crippen MR) is 111 cm³/mol. The first-order chi connectivity index (χ1) is 12.0. The quantitative estimate of drug-likeness (QED) is 0.555. The highest BCUT2D eigenvalue weighted by atomic mass is 35.5. The molecule has 0 saturated carbocycles. The normalized spacial score (nSPS) is 11.8. The largest absolute Gasteiger partial charge is 0.442 e. The molecule has 0 fully saturated rings. The molecule has 0 aromatic heterocycles. The molecule has 150 valence electrons. The zero-order valence-electron chi connectivity index (χ0n) is 16.8. The van der Waals surface area contributed by atoms with E-state index in [9.17, 15) is 4.79 Å². The van der Waals surface area contributed by atoms with Crippen LogP contribution in [0, 0.1) is 13.8 Å². The Balaban J connectivity index is 0.00000625. The molecule has 1 aromatic carbocycles. The van der Waals surface area contributed by atoms with Crippen LogP contribution in [0.15, 0.2) is 18.2 Å². The highest BCUT2D eigenvalue weighted by molar-refractivity contribution is 5.86. The van der Waals surface area contributed by atoms with Crippen molar-refractivity contribution in [2.45, 2.75) is 53.6 Å². The van der Waals surface area contributed by atoms with Crippen LogP contribution in [-0.2, 0) is 9.47 Å². The summed E-state index contributed by atoms with van der Waals surface area (Å²) in [5, 5.41) is 2.88. The lowest BCUT2D eigenvalue weighted by molar-refractivity contribution is 0.00805. The van der Waals surface area contributed by atoms with Gasteiger partial charge in [0.25, 0.3) is 0 Å². The lowest BCUT2D eigenvalue weighted by atomic mass is 10.1. The van der Waals surface area contributed by atoms with Gasteiger partial charge in [0.2, 0.25) is 0 Å². The van der Waals surface area contributed by atoms with Gasteiger partial charge >= 0.3 is 6.09 Å². The lowest BCUT2D eigenvalue weighted by Gasteiger charge is -2.25. The topological polar surface area (TPSA) is 50.8 Å². The summed E-state index contributed by atoms with van der Waals surface area (Å²) in [5.41, 5.74) is 2.87. The third-order valence-corrected chi connectivity index (χ3v) is 4.28. The Kier molecular flexibility index (Phi) is 13.2. The van der Waals surface area contributed by atoms with Gasteiger partial charge in [0.15, 0.2) is 0 Å². The molecule has 1 N–H and O–H groups in total. The van der Waals surface area contributed by atoms with Gasteiger partial charge in [-0.15, -0.1) is 12.4 Å². The monoisotopic (exact) mass is 386 g/mol. The molecule has 1 unspecified atom stereocenters. The second kappa shape index (κ2) is 13.8. The van der Waals surface area contributed by atoms with E-state index in [-0.39, 0.29) is 18.5 Å². The summed E-state index contributed by atoms with van der Waals surface area (Å²) in [7, 11) is 0. The zero-order valence-corrected chi connectivity index (χ0v) is 17.7. The molecule has 5 nitrogen and oxygen atoms in total. The maximum absolute atomic E-state index is 12.4.